The lowest BCUT2D eigenvalue weighted by molar-refractivity contribution is 0.0521. The van der Waals surface area contributed by atoms with E-state index in [2.05, 4.69) is 15.2 Å². The number of esters is 1. The van der Waals surface area contributed by atoms with Gasteiger partial charge in [0.1, 0.15) is 11.3 Å². The van der Waals surface area contributed by atoms with E-state index in [0.29, 0.717) is 6.54 Å². The summed E-state index contributed by atoms with van der Waals surface area (Å²) in [6.45, 7) is 6.87. The largest absolute Gasteiger partial charge is 0.464 e. The lowest BCUT2D eigenvalue weighted by atomic mass is 10.0. The van der Waals surface area contributed by atoms with Crippen LogP contribution in [0.2, 0.25) is 0 Å². The van der Waals surface area contributed by atoms with Crippen LogP contribution in [0.25, 0.3) is 0 Å². The minimum Gasteiger partial charge on any atom is -0.464 e. The van der Waals surface area contributed by atoms with Gasteiger partial charge in [-0.2, -0.15) is 0 Å². The lowest BCUT2D eigenvalue weighted by Crippen LogP contribution is -2.47. The molecule has 1 aromatic rings. The molecule has 1 N–H and O–H groups in total. The summed E-state index contributed by atoms with van der Waals surface area (Å²) in [5.74, 6) is -0.456. The van der Waals surface area contributed by atoms with Crippen LogP contribution in [0, 0.1) is 0 Å². The van der Waals surface area contributed by atoms with Crippen molar-refractivity contribution in [2.45, 2.75) is 51.7 Å². The number of nitrogens with zero attached hydrogens (tertiary/aromatic N) is 2. The van der Waals surface area contributed by atoms with E-state index in [0.717, 1.165) is 31.5 Å². The summed E-state index contributed by atoms with van der Waals surface area (Å²) < 4.78 is 10.0. The third kappa shape index (κ3) is 5.62. The number of nitrogens with one attached hydrogen (secondary N) is 1. The highest BCUT2D eigenvalue weighted by Crippen LogP contribution is 2.25. The summed E-state index contributed by atoms with van der Waals surface area (Å²) in [7, 11) is 1.34. The third-order valence-electron chi connectivity index (χ3n) is 3.98. The van der Waals surface area contributed by atoms with Crippen LogP contribution in [-0.2, 0) is 9.47 Å². The van der Waals surface area contributed by atoms with E-state index in [1.165, 1.54) is 7.11 Å². The van der Waals surface area contributed by atoms with Crippen molar-refractivity contribution in [2.75, 3.05) is 25.1 Å². The standard InChI is InChI=1S/C18H27N3O4/c1-18(2,3)25-17(23)20-12-14-7-5-6-10-21(14)13-8-9-19-15(11-13)16(22)24-4/h8-9,11,14H,5-7,10,12H2,1-4H3,(H,20,23). The highest BCUT2D eigenvalue weighted by atomic mass is 16.6. The van der Waals surface area contributed by atoms with E-state index in [1.807, 2.05) is 26.8 Å². The van der Waals surface area contributed by atoms with Crippen molar-refractivity contribution < 1.29 is 19.1 Å². The van der Waals surface area contributed by atoms with Gasteiger partial charge in [0.2, 0.25) is 0 Å². The fourth-order valence-electron chi connectivity index (χ4n) is 2.88. The van der Waals surface area contributed by atoms with Crippen LogP contribution in [0.1, 0.15) is 50.5 Å². The molecule has 25 heavy (non-hydrogen) atoms. The smallest absolute Gasteiger partial charge is 0.407 e. The highest BCUT2D eigenvalue weighted by Gasteiger charge is 2.25. The molecule has 7 heteroatoms. The molecule has 0 bridgehead atoms. The molecule has 0 spiro atoms. The second kappa shape index (κ2) is 8.18. The van der Waals surface area contributed by atoms with Crippen LogP contribution in [0.5, 0.6) is 0 Å². The van der Waals surface area contributed by atoms with Gasteiger partial charge in [-0.25, -0.2) is 14.6 Å². The number of carbonyl (C=O) groups is 2. The maximum atomic E-state index is 11.9. The molecule has 0 aliphatic carbocycles. The first-order valence-corrected chi connectivity index (χ1v) is 8.58. The van der Waals surface area contributed by atoms with E-state index >= 15 is 0 Å². The summed E-state index contributed by atoms with van der Waals surface area (Å²) in [5.41, 5.74) is 0.673. The molecule has 1 aromatic heterocycles. The number of carbonyl (C=O) groups excluding carboxylic acids is 2. The topological polar surface area (TPSA) is 80.8 Å². The first-order valence-electron chi connectivity index (χ1n) is 8.58. The Labute approximate surface area is 148 Å². The van der Waals surface area contributed by atoms with Crippen LogP contribution >= 0.6 is 0 Å². The van der Waals surface area contributed by atoms with Crippen molar-refractivity contribution in [3.63, 3.8) is 0 Å². The van der Waals surface area contributed by atoms with E-state index in [9.17, 15) is 9.59 Å². The normalized spacial score (nSPS) is 17.8. The molecular weight excluding hydrogens is 322 g/mol. The summed E-state index contributed by atoms with van der Waals surface area (Å²) in [6.07, 6.45) is 4.33. The van der Waals surface area contributed by atoms with Crippen molar-refractivity contribution in [3.05, 3.63) is 24.0 Å². The molecule has 138 valence electrons. The Balaban J connectivity index is 2.05. The third-order valence-corrected chi connectivity index (χ3v) is 3.98. The average molecular weight is 349 g/mol. The number of hydrogen-bond donors (Lipinski definition) is 1. The van der Waals surface area contributed by atoms with Crippen LogP contribution in [-0.4, -0.2) is 48.9 Å². The quantitative estimate of drug-likeness (QED) is 0.842. The molecule has 2 rings (SSSR count). The number of hydrogen-bond acceptors (Lipinski definition) is 6. The van der Waals surface area contributed by atoms with Gasteiger partial charge in [0.25, 0.3) is 0 Å². The maximum absolute atomic E-state index is 11.9. The van der Waals surface area contributed by atoms with Gasteiger partial charge in [0.15, 0.2) is 0 Å². The first-order chi connectivity index (χ1) is 11.8. The van der Waals surface area contributed by atoms with Gasteiger partial charge in [-0.3, -0.25) is 0 Å². The SMILES string of the molecule is COC(=O)c1cc(N2CCCCC2CNC(=O)OC(C)(C)C)ccn1. The predicted octanol–water partition coefficient (Wildman–Crippen LogP) is 2.75. The van der Waals surface area contributed by atoms with Gasteiger partial charge in [-0.15, -0.1) is 0 Å². The van der Waals surface area contributed by atoms with Gasteiger partial charge >= 0.3 is 12.1 Å². The Hall–Kier alpha value is -2.31. The van der Waals surface area contributed by atoms with Crippen molar-refractivity contribution in [1.29, 1.82) is 0 Å². The van der Waals surface area contributed by atoms with Crippen molar-refractivity contribution in [3.8, 4) is 0 Å². The minimum atomic E-state index is -0.517. The van der Waals surface area contributed by atoms with Crippen molar-refractivity contribution in [2.24, 2.45) is 0 Å². The first kappa shape index (κ1) is 19.0. The number of pyridine rings is 1. The van der Waals surface area contributed by atoms with Crippen LogP contribution < -0.4 is 10.2 Å². The summed E-state index contributed by atoms with van der Waals surface area (Å²) >= 11 is 0. The zero-order valence-corrected chi connectivity index (χ0v) is 15.4. The van der Waals surface area contributed by atoms with Gasteiger partial charge in [-0.05, 0) is 52.2 Å². The Kier molecular flexibility index (Phi) is 6.22. The zero-order chi connectivity index (χ0) is 18.4. The van der Waals surface area contributed by atoms with Gasteiger partial charge < -0.3 is 19.7 Å². The number of methoxy groups -OCH3 is 1. The van der Waals surface area contributed by atoms with Gasteiger partial charge in [0.05, 0.1) is 7.11 Å². The molecule has 1 aliphatic rings. The van der Waals surface area contributed by atoms with Crippen LogP contribution in [0.4, 0.5) is 10.5 Å². The number of rotatable bonds is 4. The predicted molar refractivity (Wildman–Crippen MR) is 94.8 cm³/mol. The molecule has 1 unspecified atom stereocenters. The molecule has 1 saturated heterocycles. The van der Waals surface area contributed by atoms with Crippen LogP contribution in [0.3, 0.4) is 0 Å². The molecule has 1 atom stereocenters. The number of alkyl carbamates (subject to hydrolysis) is 1. The fourth-order valence-corrected chi connectivity index (χ4v) is 2.88. The molecule has 7 nitrogen and oxygen atoms in total. The second-order valence-corrected chi connectivity index (χ2v) is 7.12. The summed E-state index contributed by atoms with van der Waals surface area (Å²) in [6, 6.07) is 3.75. The van der Waals surface area contributed by atoms with Crippen LogP contribution in [0.15, 0.2) is 18.3 Å². The number of anilines is 1. The monoisotopic (exact) mass is 349 g/mol. The Morgan fingerprint density at radius 1 is 1.36 bits per heavy atom. The molecule has 2 heterocycles. The zero-order valence-electron chi connectivity index (χ0n) is 15.4. The average Bonchev–Trinajstić information content (AvgIpc) is 2.58. The number of piperidine rings is 1. The molecule has 0 radical (unpaired) electrons. The Bertz CT molecular complexity index is 613. The molecule has 0 saturated carbocycles. The molecule has 1 fully saturated rings. The summed E-state index contributed by atoms with van der Waals surface area (Å²) in [4.78, 5) is 29.9. The second-order valence-electron chi connectivity index (χ2n) is 7.12. The van der Waals surface area contributed by atoms with Crippen molar-refractivity contribution in [1.82, 2.24) is 10.3 Å². The highest BCUT2D eigenvalue weighted by molar-refractivity contribution is 5.88. The Morgan fingerprint density at radius 3 is 2.80 bits per heavy atom. The number of amides is 1. The fraction of sp³-hybridized carbons (Fsp3) is 0.611. The van der Waals surface area contributed by atoms with Crippen molar-refractivity contribution >= 4 is 17.7 Å². The van der Waals surface area contributed by atoms with E-state index in [4.69, 9.17) is 9.47 Å². The van der Waals surface area contributed by atoms with E-state index in [1.54, 1.807) is 12.3 Å². The number of ether oxygens (including phenoxy) is 2. The molecule has 1 aliphatic heterocycles. The minimum absolute atomic E-state index is 0.147. The Morgan fingerprint density at radius 2 is 2.12 bits per heavy atom. The molecule has 0 aromatic carbocycles. The lowest BCUT2D eigenvalue weighted by Gasteiger charge is -2.37. The maximum Gasteiger partial charge on any atom is 0.407 e. The summed E-state index contributed by atoms with van der Waals surface area (Å²) in [5, 5.41) is 2.85. The molecular formula is C18H27N3O4. The van der Waals surface area contributed by atoms with E-state index in [-0.39, 0.29) is 11.7 Å². The van der Waals surface area contributed by atoms with E-state index < -0.39 is 17.7 Å². The molecule has 1 amide bonds. The van der Waals surface area contributed by atoms with Gasteiger partial charge in [-0.1, -0.05) is 0 Å². The van der Waals surface area contributed by atoms with Gasteiger partial charge in [0, 0.05) is 31.0 Å². The number of aromatic nitrogens is 1.